The summed E-state index contributed by atoms with van der Waals surface area (Å²) in [5.41, 5.74) is 0.471. The average Bonchev–Trinajstić information content (AvgIpc) is 2.52. The maximum absolute atomic E-state index is 12.5. The maximum Gasteiger partial charge on any atom is 0.164 e. The number of fused-ring (bicyclic) bond motifs is 1. The Balaban J connectivity index is 2.98. The molecule has 0 saturated carbocycles. The van der Waals surface area contributed by atoms with E-state index in [1.54, 1.807) is 20.3 Å². The van der Waals surface area contributed by atoms with Crippen molar-refractivity contribution in [1.82, 2.24) is 0 Å². The third-order valence-corrected chi connectivity index (χ3v) is 3.65. The highest BCUT2D eigenvalue weighted by atomic mass is 16.5. The number of hydrogen-bond donors (Lipinski definition) is 0. The van der Waals surface area contributed by atoms with Gasteiger partial charge in [-0.25, -0.2) is 0 Å². The summed E-state index contributed by atoms with van der Waals surface area (Å²) >= 11 is 0. The van der Waals surface area contributed by atoms with Gasteiger partial charge < -0.3 is 18.9 Å². The highest BCUT2D eigenvalue weighted by molar-refractivity contribution is 6.15. The molecule has 0 spiro atoms. The van der Waals surface area contributed by atoms with Crippen LogP contribution in [0, 0.1) is 0 Å². The molecule has 2 aromatic carbocycles. The first kappa shape index (κ1) is 18.9. The Morgan fingerprint density at radius 3 is 1.80 bits per heavy atom. The molecule has 0 amide bonds. The number of carbonyl (C=O) groups is 1. The molecular formula is C20H26O5. The van der Waals surface area contributed by atoms with Crippen LogP contribution in [0.1, 0.15) is 45.0 Å². The number of carbonyl (C=O) groups excluding carboxylic acids is 1. The molecule has 0 unspecified atom stereocenters. The molecular weight excluding hydrogens is 320 g/mol. The molecule has 2 aromatic rings. The number of rotatable bonds is 7. The third kappa shape index (κ3) is 3.81. The van der Waals surface area contributed by atoms with Gasteiger partial charge in [-0.05, 0) is 46.8 Å². The molecule has 0 bridgehead atoms. The normalized spacial score (nSPS) is 11.1. The molecule has 25 heavy (non-hydrogen) atoms. The summed E-state index contributed by atoms with van der Waals surface area (Å²) in [5, 5.41) is 1.35. The van der Waals surface area contributed by atoms with Gasteiger partial charge in [-0.15, -0.1) is 0 Å². The van der Waals surface area contributed by atoms with E-state index < -0.39 is 0 Å². The Bertz CT molecular complexity index is 777. The van der Waals surface area contributed by atoms with Gasteiger partial charge in [-0.3, -0.25) is 4.79 Å². The second-order valence-corrected chi connectivity index (χ2v) is 6.36. The Kier molecular flexibility index (Phi) is 5.77. The van der Waals surface area contributed by atoms with Gasteiger partial charge in [-0.1, -0.05) is 0 Å². The molecule has 0 aliphatic rings. The number of methoxy groups -OCH3 is 2. The second-order valence-electron chi connectivity index (χ2n) is 6.36. The predicted octanol–water partition coefficient (Wildman–Crippen LogP) is 4.63. The number of hydrogen-bond acceptors (Lipinski definition) is 5. The summed E-state index contributed by atoms with van der Waals surface area (Å²) in [4.78, 5) is 12.5. The van der Waals surface area contributed by atoms with Crippen molar-refractivity contribution in [3.63, 3.8) is 0 Å². The summed E-state index contributed by atoms with van der Waals surface area (Å²) in [6.45, 7) is 9.23. The Hall–Kier alpha value is -2.43. The summed E-state index contributed by atoms with van der Waals surface area (Å²) < 4.78 is 22.9. The molecule has 0 atom stereocenters. The molecule has 0 N–H and O–H groups in total. The SMILES string of the molecule is COc1ccc(OC(C)C)c2c(C(C)=O)c(OC(C)C)cc(OC)c12. The second kappa shape index (κ2) is 7.64. The van der Waals surface area contributed by atoms with E-state index in [4.69, 9.17) is 18.9 Å². The van der Waals surface area contributed by atoms with Gasteiger partial charge in [0.15, 0.2) is 5.78 Å². The monoisotopic (exact) mass is 346 g/mol. The number of Topliss-reactive ketones (excluding diaryl/α,β-unsaturated/α-hetero) is 1. The average molecular weight is 346 g/mol. The van der Waals surface area contributed by atoms with E-state index in [9.17, 15) is 4.79 Å². The fourth-order valence-corrected chi connectivity index (χ4v) is 2.82. The molecule has 136 valence electrons. The lowest BCUT2D eigenvalue weighted by atomic mass is 9.98. The van der Waals surface area contributed by atoms with Crippen LogP contribution in [0.3, 0.4) is 0 Å². The van der Waals surface area contributed by atoms with Gasteiger partial charge >= 0.3 is 0 Å². The van der Waals surface area contributed by atoms with Crippen molar-refractivity contribution in [1.29, 1.82) is 0 Å². The van der Waals surface area contributed by atoms with Crippen LogP contribution < -0.4 is 18.9 Å². The highest BCUT2D eigenvalue weighted by Gasteiger charge is 2.24. The molecule has 0 heterocycles. The lowest BCUT2D eigenvalue weighted by Gasteiger charge is -2.21. The molecule has 5 heteroatoms. The largest absolute Gasteiger partial charge is 0.496 e. The standard InChI is InChI=1S/C20H26O5/c1-11(2)24-15-9-8-14(22-6)19-16(23-7)10-17(25-12(3)4)18(13(5)21)20(15)19/h8-12H,1-7H3. The van der Waals surface area contributed by atoms with Gasteiger partial charge in [0, 0.05) is 11.5 Å². The molecule has 0 aliphatic heterocycles. The Labute approximate surface area is 148 Å². The van der Waals surface area contributed by atoms with Crippen molar-refractivity contribution in [3.8, 4) is 23.0 Å². The fraction of sp³-hybridized carbons (Fsp3) is 0.450. The van der Waals surface area contributed by atoms with Crippen molar-refractivity contribution in [2.24, 2.45) is 0 Å². The topological polar surface area (TPSA) is 54.0 Å². The minimum absolute atomic E-state index is 0.0444. The summed E-state index contributed by atoms with van der Waals surface area (Å²) in [6.07, 6.45) is -0.127. The molecule has 0 radical (unpaired) electrons. The minimum atomic E-state index is -0.106. The van der Waals surface area contributed by atoms with Crippen LogP contribution in [0.5, 0.6) is 23.0 Å². The van der Waals surface area contributed by atoms with E-state index in [-0.39, 0.29) is 18.0 Å². The first-order valence-electron chi connectivity index (χ1n) is 8.36. The van der Waals surface area contributed by atoms with Crippen LogP contribution in [0.4, 0.5) is 0 Å². The third-order valence-electron chi connectivity index (χ3n) is 3.65. The van der Waals surface area contributed by atoms with Crippen LogP contribution in [0.2, 0.25) is 0 Å². The zero-order chi connectivity index (χ0) is 18.7. The molecule has 0 fully saturated rings. The van der Waals surface area contributed by atoms with E-state index in [1.807, 2.05) is 39.8 Å². The van der Waals surface area contributed by atoms with E-state index in [1.165, 1.54) is 6.92 Å². The Morgan fingerprint density at radius 2 is 1.32 bits per heavy atom. The molecule has 2 rings (SSSR count). The minimum Gasteiger partial charge on any atom is -0.496 e. The smallest absolute Gasteiger partial charge is 0.164 e. The summed E-state index contributed by atoms with van der Waals surface area (Å²) in [7, 11) is 3.17. The van der Waals surface area contributed by atoms with E-state index >= 15 is 0 Å². The van der Waals surface area contributed by atoms with Crippen molar-refractivity contribution >= 4 is 16.6 Å². The molecule has 0 aliphatic carbocycles. The van der Waals surface area contributed by atoms with E-state index in [2.05, 4.69) is 0 Å². The highest BCUT2D eigenvalue weighted by Crippen LogP contribution is 2.45. The van der Waals surface area contributed by atoms with E-state index in [0.717, 1.165) is 0 Å². The van der Waals surface area contributed by atoms with Crippen molar-refractivity contribution in [2.75, 3.05) is 14.2 Å². The van der Waals surface area contributed by atoms with E-state index in [0.29, 0.717) is 39.3 Å². The molecule has 5 nitrogen and oxygen atoms in total. The predicted molar refractivity (Wildman–Crippen MR) is 98.6 cm³/mol. The number of ether oxygens (including phenoxy) is 4. The molecule has 0 saturated heterocycles. The molecule has 0 aromatic heterocycles. The van der Waals surface area contributed by atoms with Crippen molar-refractivity contribution in [3.05, 3.63) is 23.8 Å². The summed E-state index contributed by atoms with van der Waals surface area (Å²) in [5.74, 6) is 2.16. The van der Waals surface area contributed by atoms with Crippen LogP contribution >= 0.6 is 0 Å². The fourth-order valence-electron chi connectivity index (χ4n) is 2.82. The van der Waals surface area contributed by atoms with Crippen molar-refractivity contribution in [2.45, 2.75) is 46.8 Å². The number of ketones is 1. The quantitative estimate of drug-likeness (QED) is 0.684. The van der Waals surface area contributed by atoms with Gasteiger partial charge in [0.25, 0.3) is 0 Å². The van der Waals surface area contributed by atoms with Crippen LogP contribution in [-0.2, 0) is 0 Å². The zero-order valence-corrected chi connectivity index (χ0v) is 15.9. The van der Waals surface area contributed by atoms with Crippen molar-refractivity contribution < 1.29 is 23.7 Å². The first-order valence-corrected chi connectivity index (χ1v) is 8.36. The van der Waals surface area contributed by atoms with Crippen LogP contribution in [-0.4, -0.2) is 32.2 Å². The zero-order valence-electron chi connectivity index (χ0n) is 15.9. The summed E-state index contributed by atoms with van der Waals surface area (Å²) in [6, 6.07) is 5.36. The lowest BCUT2D eigenvalue weighted by molar-refractivity contribution is 0.101. The van der Waals surface area contributed by atoms with Crippen LogP contribution in [0.25, 0.3) is 10.8 Å². The van der Waals surface area contributed by atoms with Crippen LogP contribution in [0.15, 0.2) is 18.2 Å². The van der Waals surface area contributed by atoms with Gasteiger partial charge in [0.1, 0.15) is 23.0 Å². The van der Waals surface area contributed by atoms with Gasteiger partial charge in [0.2, 0.25) is 0 Å². The van der Waals surface area contributed by atoms with Gasteiger partial charge in [-0.2, -0.15) is 0 Å². The number of benzene rings is 2. The van der Waals surface area contributed by atoms with Gasteiger partial charge in [0.05, 0.1) is 37.4 Å². The lowest BCUT2D eigenvalue weighted by Crippen LogP contribution is -2.12. The Morgan fingerprint density at radius 1 is 0.800 bits per heavy atom. The maximum atomic E-state index is 12.5. The first-order chi connectivity index (χ1) is 11.8.